The van der Waals surface area contributed by atoms with Gasteiger partial charge in [0.1, 0.15) is 11.6 Å². The summed E-state index contributed by atoms with van der Waals surface area (Å²) in [5.41, 5.74) is 0.842. The van der Waals surface area contributed by atoms with Crippen molar-refractivity contribution in [1.82, 2.24) is 20.0 Å². The van der Waals surface area contributed by atoms with Gasteiger partial charge in [-0.05, 0) is 43.3 Å². The van der Waals surface area contributed by atoms with Crippen molar-refractivity contribution in [1.29, 1.82) is 0 Å². The first kappa shape index (κ1) is 21.1. The number of rotatable bonds is 7. The predicted octanol–water partition coefficient (Wildman–Crippen LogP) is 3.47. The number of aryl methyl sites for hydroxylation is 1. The largest absolute Gasteiger partial charge is 0.494 e. The molecule has 4 rings (SSSR count). The molecule has 3 aromatic rings. The highest BCUT2D eigenvalue weighted by Gasteiger charge is 2.23. The van der Waals surface area contributed by atoms with Crippen LogP contribution >= 0.6 is 11.6 Å². The second kappa shape index (κ2) is 9.78. The van der Waals surface area contributed by atoms with E-state index in [1.807, 2.05) is 48.2 Å². The highest BCUT2D eigenvalue weighted by atomic mass is 35.5. The van der Waals surface area contributed by atoms with Gasteiger partial charge in [-0.2, -0.15) is 4.98 Å². The number of nitrogens with zero attached hydrogens (tertiary/aromatic N) is 5. The number of carbonyl (C=O) groups excluding carboxylic acids is 1. The maximum atomic E-state index is 12.6. The topological polar surface area (TPSA) is 84.6 Å². The second-order valence-electron chi connectivity index (χ2n) is 7.15. The SMILES string of the molecule is CCOc1ccc(-c2noc(CCC(=O)N3CCN(c4ncccc4Cl)CC3)n2)cc1. The Hall–Kier alpha value is -3.13. The van der Waals surface area contributed by atoms with Crippen LogP contribution in [-0.2, 0) is 11.2 Å². The van der Waals surface area contributed by atoms with Gasteiger partial charge in [0.05, 0.1) is 11.6 Å². The summed E-state index contributed by atoms with van der Waals surface area (Å²) >= 11 is 6.23. The highest BCUT2D eigenvalue weighted by molar-refractivity contribution is 6.32. The molecule has 1 fully saturated rings. The molecule has 1 aliphatic rings. The van der Waals surface area contributed by atoms with Crippen LogP contribution in [0, 0.1) is 0 Å². The summed E-state index contributed by atoms with van der Waals surface area (Å²) in [6, 6.07) is 11.2. The van der Waals surface area contributed by atoms with Crippen LogP contribution in [0.2, 0.25) is 5.02 Å². The van der Waals surface area contributed by atoms with E-state index < -0.39 is 0 Å². The Bertz CT molecular complexity index is 1020. The Kier molecular flexibility index (Phi) is 6.66. The van der Waals surface area contributed by atoms with Crippen molar-refractivity contribution >= 4 is 23.3 Å². The molecule has 0 aliphatic carbocycles. The molecule has 1 aliphatic heterocycles. The lowest BCUT2D eigenvalue weighted by atomic mass is 10.2. The van der Waals surface area contributed by atoms with Crippen LogP contribution in [0.3, 0.4) is 0 Å². The maximum absolute atomic E-state index is 12.6. The predicted molar refractivity (Wildman–Crippen MR) is 117 cm³/mol. The quantitative estimate of drug-likeness (QED) is 0.555. The van der Waals surface area contributed by atoms with Crippen LogP contribution in [0.15, 0.2) is 47.1 Å². The summed E-state index contributed by atoms with van der Waals surface area (Å²) in [4.78, 5) is 25.3. The van der Waals surface area contributed by atoms with E-state index in [4.69, 9.17) is 20.9 Å². The van der Waals surface area contributed by atoms with E-state index in [9.17, 15) is 4.79 Å². The zero-order chi connectivity index (χ0) is 21.6. The van der Waals surface area contributed by atoms with Crippen LogP contribution in [0.25, 0.3) is 11.4 Å². The van der Waals surface area contributed by atoms with E-state index in [1.165, 1.54) is 0 Å². The first-order chi connectivity index (χ1) is 15.1. The van der Waals surface area contributed by atoms with Gasteiger partial charge < -0.3 is 19.1 Å². The fraction of sp³-hybridized carbons (Fsp3) is 0.364. The average Bonchev–Trinajstić information content (AvgIpc) is 3.28. The standard InChI is InChI=1S/C22H24ClN5O3/c1-2-30-17-7-5-16(6-8-17)21-25-19(31-26-21)9-10-20(29)27-12-14-28(15-13-27)22-18(23)4-3-11-24-22/h3-8,11H,2,9-10,12-15H2,1H3. The Morgan fingerprint density at radius 1 is 1.16 bits per heavy atom. The number of anilines is 1. The fourth-order valence-electron chi connectivity index (χ4n) is 3.49. The first-order valence-corrected chi connectivity index (χ1v) is 10.7. The van der Waals surface area contributed by atoms with Crippen molar-refractivity contribution in [3.63, 3.8) is 0 Å². The van der Waals surface area contributed by atoms with Crippen LogP contribution < -0.4 is 9.64 Å². The van der Waals surface area contributed by atoms with Crippen molar-refractivity contribution in [2.75, 3.05) is 37.7 Å². The lowest BCUT2D eigenvalue weighted by Crippen LogP contribution is -2.49. The van der Waals surface area contributed by atoms with Gasteiger partial charge >= 0.3 is 0 Å². The summed E-state index contributed by atoms with van der Waals surface area (Å²) in [6.07, 6.45) is 2.47. The third kappa shape index (κ3) is 5.14. The number of amides is 1. The zero-order valence-corrected chi connectivity index (χ0v) is 18.1. The number of hydrogen-bond acceptors (Lipinski definition) is 7. The number of hydrogen-bond donors (Lipinski definition) is 0. The van der Waals surface area contributed by atoms with E-state index in [1.54, 1.807) is 6.20 Å². The molecule has 1 saturated heterocycles. The molecule has 0 N–H and O–H groups in total. The molecular formula is C22H24ClN5O3. The third-order valence-electron chi connectivity index (χ3n) is 5.12. The maximum Gasteiger partial charge on any atom is 0.227 e. The van der Waals surface area contributed by atoms with Gasteiger partial charge in [0, 0.05) is 50.8 Å². The van der Waals surface area contributed by atoms with Crippen molar-refractivity contribution in [2.45, 2.75) is 19.8 Å². The number of pyridine rings is 1. The van der Waals surface area contributed by atoms with E-state index in [0.29, 0.717) is 62.4 Å². The van der Waals surface area contributed by atoms with E-state index in [0.717, 1.165) is 17.1 Å². The molecule has 3 heterocycles. The minimum atomic E-state index is 0.0765. The van der Waals surface area contributed by atoms with Crippen molar-refractivity contribution < 1.29 is 14.1 Å². The number of aromatic nitrogens is 3. The molecule has 0 saturated carbocycles. The smallest absolute Gasteiger partial charge is 0.227 e. The number of ether oxygens (including phenoxy) is 1. The zero-order valence-electron chi connectivity index (χ0n) is 17.3. The number of halogens is 1. The summed E-state index contributed by atoms with van der Waals surface area (Å²) < 4.78 is 10.8. The first-order valence-electron chi connectivity index (χ1n) is 10.3. The summed E-state index contributed by atoms with van der Waals surface area (Å²) in [5, 5.41) is 4.65. The summed E-state index contributed by atoms with van der Waals surface area (Å²) in [6.45, 7) is 5.22. The van der Waals surface area contributed by atoms with Crippen molar-refractivity contribution in [3.05, 3.63) is 53.5 Å². The highest BCUT2D eigenvalue weighted by Crippen LogP contribution is 2.24. The molecule has 1 aromatic carbocycles. The van der Waals surface area contributed by atoms with Gasteiger partial charge in [0.25, 0.3) is 0 Å². The monoisotopic (exact) mass is 441 g/mol. The third-order valence-corrected chi connectivity index (χ3v) is 5.41. The number of piperazine rings is 1. The summed E-state index contributed by atoms with van der Waals surface area (Å²) in [7, 11) is 0. The Morgan fingerprint density at radius 3 is 2.65 bits per heavy atom. The van der Waals surface area contributed by atoms with Crippen LogP contribution in [-0.4, -0.2) is 58.7 Å². The minimum absolute atomic E-state index is 0.0765. The van der Waals surface area contributed by atoms with Crippen LogP contribution in [0.1, 0.15) is 19.2 Å². The molecule has 0 bridgehead atoms. The molecule has 8 nitrogen and oxygen atoms in total. The molecule has 9 heteroatoms. The molecule has 0 atom stereocenters. The lowest BCUT2D eigenvalue weighted by molar-refractivity contribution is -0.131. The van der Waals surface area contributed by atoms with Gasteiger partial charge in [-0.15, -0.1) is 0 Å². The molecule has 0 radical (unpaired) electrons. The average molecular weight is 442 g/mol. The van der Waals surface area contributed by atoms with E-state index in [-0.39, 0.29) is 5.91 Å². The molecule has 0 spiro atoms. The normalized spacial score (nSPS) is 14.0. The minimum Gasteiger partial charge on any atom is -0.494 e. The Balaban J connectivity index is 1.27. The lowest BCUT2D eigenvalue weighted by Gasteiger charge is -2.35. The van der Waals surface area contributed by atoms with Gasteiger partial charge in [-0.3, -0.25) is 4.79 Å². The van der Waals surface area contributed by atoms with Crippen LogP contribution in [0.5, 0.6) is 5.75 Å². The van der Waals surface area contributed by atoms with Gasteiger partial charge in [0.2, 0.25) is 17.6 Å². The molecular weight excluding hydrogens is 418 g/mol. The fourth-order valence-corrected chi connectivity index (χ4v) is 3.73. The summed E-state index contributed by atoms with van der Waals surface area (Å²) in [5.74, 6) is 2.60. The Labute approximate surface area is 185 Å². The van der Waals surface area contributed by atoms with E-state index in [2.05, 4.69) is 20.0 Å². The molecule has 162 valence electrons. The number of carbonyl (C=O) groups is 1. The second-order valence-corrected chi connectivity index (χ2v) is 7.55. The van der Waals surface area contributed by atoms with Gasteiger partial charge in [-0.1, -0.05) is 16.8 Å². The molecule has 0 unspecified atom stereocenters. The van der Waals surface area contributed by atoms with Gasteiger partial charge in [0.15, 0.2) is 0 Å². The number of benzene rings is 1. The molecule has 31 heavy (non-hydrogen) atoms. The van der Waals surface area contributed by atoms with Crippen molar-refractivity contribution in [3.8, 4) is 17.1 Å². The molecule has 2 aromatic heterocycles. The van der Waals surface area contributed by atoms with E-state index >= 15 is 0 Å². The van der Waals surface area contributed by atoms with Crippen LogP contribution in [0.4, 0.5) is 5.82 Å². The van der Waals surface area contributed by atoms with Gasteiger partial charge in [-0.25, -0.2) is 4.98 Å². The van der Waals surface area contributed by atoms with Crippen molar-refractivity contribution in [2.24, 2.45) is 0 Å². The Morgan fingerprint density at radius 2 is 1.94 bits per heavy atom. The molecule has 1 amide bonds.